The lowest BCUT2D eigenvalue weighted by Gasteiger charge is -2.08. The smallest absolute Gasteiger partial charge is 0.250 e. The Kier molecular flexibility index (Phi) is 3.38. The van der Waals surface area contributed by atoms with Crippen LogP contribution in [0.3, 0.4) is 0 Å². The number of halogens is 2. The molecule has 1 aromatic carbocycles. The minimum absolute atomic E-state index is 0.0498. The van der Waals surface area contributed by atoms with Gasteiger partial charge in [-0.3, -0.25) is 5.41 Å². The second-order valence-corrected chi connectivity index (χ2v) is 3.72. The van der Waals surface area contributed by atoms with E-state index in [0.717, 1.165) is 0 Å². The van der Waals surface area contributed by atoms with E-state index < -0.39 is 5.82 Å². The lowest BCUT2D eigenvalue weighted by molar-refractivity contribution is 0.421. The fourth-order valence-electron chi connectivity index (χ4n) is 1.27. The topological polar surface area (TPSA) is 84.9 Å². The van der Waals surface area contributed by atoms with E-state index in [1.54, 1.807) is 0 Å². The van der Waals surface area contributed by atoms with Crippen molar-refractivity contribution in [1.82, 2.24) is 10.2 Å². The van der Waals surface area contributed by atoms with Gasteiger partial charge in [-0.05, 0) is 18.2 Å². The maximum atomic E-state index is 13.6. The summed E-state index contributed by atoms with van der Waals surface area (Å²) in [5.74, 6) is -1.11. The predicted molar refractivity (Wildman–Crippen MR) is 64.5 cm³/mol. The third-order valence-corrected chi connectivity index (χ3v) is 2.39. The van der Waals surface area contributed by atoms with Crippen LogP contribution in [0.4, 0.5) is 4.39 Å². The molecule has 18 heavy (non-hydrogen) atoms. The summed E-state index contributed by atoms with van der Waals surface area (Å²) in [6.07, 6.45) is 1.36. The zero-order chi connectivity index (χ0) is 13.1. The van der Waals surface area contributed by atoms with Gasteiger partial charge in [-0.25, -0.2) is 4.39 Å². The van der Waals surface area contributed by atoms with Crippen molar-refractivity contribution in [2.24, 2.45) is 5.73 Å². The molecule has 0 radical (unpaired) electrons. The zero-order valence-corrected chi connectivity index (χ0v) is 9.78. The lowest BCUT2D eigenvalue weighted by Crippen LogP contribution is -2.13. The zero-order valence-electron chi connectivity index (χ0n) is 9.02. The van der Waals surface area contributed by atoms with Crippen molar-refractivity contribution < 1.29 is 9.13 Å². The monoisotopic (exact) mass is 266 g/mol. The van der Waals surface area contributed by atoms with E-state index in [-0.39, 0.29) is 28.1 Å². The van der Waals surface area contributed by atoms with Crippen LogP contribution in [0, 0.1) is 11.2 Å². The van der Waals surface area contributed by atoms with Crippen LogP contribution in [0.1, 0.15) is 5.56 Å². The molecule has 0 aliphatic heterocycles. The number of rotatable bonds is 3. The predicted octanol–water partition coefficient (Wildman–Crippen LogP) is 2.35. The summed E-state index contributed by atoms with van der Waals surface area (Å²) < 4.78 is 18.9. The second-order valence-electron chi connectivity index (χ2n) is 3.32. The summed E-state index contributed by atoms with van der Waals surface area (Å²) in [4.78, 5) is 0. The van der Waals surface area contributed by atoms with E-state index in [1.807, 2.05) is 0 Å². The molecular formula is C11H8ClFN4O. The minimum Gasteiger partial charge on any atom is -0.434 e. The molecule has 0 aliphatic rings. The second kappa shape index (κ2) is 4.97. The molecule has 92 valence electrons. The number of benzene rings is 1. The molecule has 1 heterocycles. The first-order chi connectivity index (χ1) is 8.59. The summed E-state index contributed by atoms with van der Waals surface area (Å²) in [6.45, 7) is 0. The highest BCUT2D eigenvalue weighted by molar-refractivity contribution is 6.30. The van der Waals surface area contributed by atoms with Crippen molar-refractivity contribution in [2.75, 3.05) is 0 Å². The molecule has 0 fully saturated rings. The van der Waals surface area contributed by atoms with E-state index in [2.05, 4.69) is 10.2 Å². The Morgan fingerprint density at radius 3 is 2.89 bits per heavy atom. The molecule has 0 unspecified atom stereocenters. The first kappa shape index (κ1) is 12.3. The Bertz CT molecular complexity index is 605. The maximum Gasteiger partial charge on any atom is 0.250 e. The molecule has 7 heteroatoms. The third kappa shape index (κ3) is 2.38. The number of nitrogen functional groups attached to an aromatic ring is 1. The number of aromatic nitrogens is 2. The molecule has 1 aromatic heterocycles. The molecule has 0 aliphatic carbocycles. The number of nitrogens with one attached hydrogen (secondary N) is 1. The number of hydrogen-bond acceptors (Lipinski definition) is 4. The molecule has 0 saturated carbocycles. The molecule has 2 rings (SSSR count). The normalized spacial score (nSPS) is 10.1. The van der Waals surface area contributed by atoms with Crippen molar-refractivity contribution in [2.45, 2.75) is 0 Å². The Morgan fingerprint density at radius 1 is 1.39 bits per heavy atom. The molecule has 5 nitrogen and oxygen atoms in total. The van der Waals surface area contributed by atoms with E-state index in [4.69, 9.17) is 27.5 Å². The highest BCUT2D eigenvalue weighted by Gasteiger charge is 2.13. The van der Waals surface area contributed by atoms with Gasteiger partial charge in [0.15, 0.2) is 11.6 Å². The first-order valence-corrected chi connectivity index (χ1v) is 5.25. The molecule has 0 amide bonds. The van der Waals surface area contributed by atoms with E-state index in [9.17, 15) is 4.39 Å². The highest BCUT2D eigenvalue weighted by atomic mass is 35.5. The van der Waals surface area contributed by atoms with Crippen molar-refractivity contribution >= 4 is 17.4 Å². The summed E-state index contributed by atoms with van der Waals surface area (Å²) in [5, 5.41) is 14.5. The van der Waals surface area contributed by atoms with E-state index in [0.29, 0.717) is 0 Å². The Hall–Kier alpha value is -2.21. The fourth-order valence-corrected chi connectivity index (χ4v) is 1.43. The number of amidine groups is 1. The van der Waals surface area contributed by atoms with Gasteiger partial charge in [0.2, 0.25) is 5.88 Å². The van der Waals surface area contributed by atoms with E-state index >= 15 is 0 Å². The average molecular weight is 267 g/mol. The molecule has 0 atom stereocenters. The van der Waals surface area contributed by atoms with Gasteiger partial charge >= 0.3 is 0 Å². The van der Waals surface area contributed by atoms with E-state index in [1.165, 1.54) is 30.5 Å². The van der Waals surface area contributed by atoms with Gasteiger partial charge in [-0.1, -0.05) is 17.7 Å². The number of nitrogens with two attached hydrogens (primary N) is 1. The fraction of sp³-hybridized carbons (Fsp3) is 0. The van der Waals surface area contributed by atoms with Gasteiger partial charge in [0.1, 0.15) is 5.84 Å². The number of nitrogens with zero attached hydrogens (tertiary/aromatic N) is 2. The summed E-state index contributed by atoms with van der Waals surface area (Å²) in [6, 6.07) is 5.77. The van der Waals surface area contributed by atoms with Gasteiger partial charge in [0, 0.05) is 0 Å². The quantitative estimate of drug-likeness (QED) is 0.660. The van der Waals surface area contributed by atoms with Crippen molar-refractivity contribution in [1.29, 1.82) is 5.41 Å². The Morgan fingerprint density at radius 2 is 2.17 bits per heavy atom. The van der Waals surface area contributed by atoms with Crippen molar-refractivity contribution in [3.63, 3.8) is 0 Å². The van der Waals surface area contributed by atoms with Crippen LogP contribution in [0.5, 0.6) is 11.6 Å². The van der Waals surface area contributed by atoms with Gasteiger partial charge in [-0.15, -0.1) is 5.10 Å². The Labute approximate surface area is 107 Å². The molecule has 0 saturated heterocycles. The van der Waals surface area contributed by atoms with Crippen LogP contribution < -0.4 is 10.5 Å². The molecule has 3 N–H and O–H groups in total. The largest absolute Gasteiger partial charge is 0.434 e. The highest BCUT2D eigenvalue weighted by Crippen LogP contribution is 2.28. The lowest BCUT2D eigenvalue weighted by atomic mass is 10.2. The van der Waals surface area contributed by atoms with Gasteiger partial charge in [-0.2, -0.15) is 5.10 Å². The minimum atomic E-state index is -0.709. The van der Waals surface area contributed by atoms with Gasteiger partial charge < -0.3 is 10.5 Å². The molecule has 2 aromatic rings. The van der Waals surface area contributed by atoms with Crippen LogP contribution in [-0.4, -0.2) is 16.0 Å². The van der Waals surface area contributed by atoms with Crippen LogP contribution >= 0.6 is 11.6 Å². The number of ether oxygens (including phenoxy) is 1. The Balaban J connectivity index is 2.40. The van der Waals surface area contributed by atoms with Crippen LogP contribution in [-0.2, 0) is 0 Å². The summed E-state index contributed by atoms with van der Waals surface area (Å²) in [7, 11) is 0. The first-order valence-electron chi connectivity index (χ1n) is 4.87. The SMILES string of the molecule is N=C(N)c1ccnnc1Oc1cccc(Cl)c1F. The van der Waals surface area contributed by atoms with Crippen LogP contribution in [0.2, 0.25) is 5.02 Å². The maximum absolute atomic E-state index is 13.6. The molecular weight excluding hydrogens is 259 g/mol. The van der Waals surface area contributed by atoms with Crippen molar-refractivity contribution in [3.8, 4) is 11.6 Å². The average Bonchev–Trinajstić information content (AvgIpc) is 2.35. The molecule has 0 spiro atoms. The van der Waals surface area contributed by atoms with Gasteiger partial charge in [0.05, 0.1) is 16.8 Å². The summed E-state index contributed by atoms with van der Waals surface area (Å²) in [5.41, 5.74) is 5.58. The third-order valence-electron chi connectivity index (χ3n) is 2.10. The van der Waals surface area contributed by atoms with Gasteiger partial charge in [0.25, 0.3) is 0 Å². The van der Waals surface area contributed by atoms with Crippen molar-refractivity contribution in [3.05, 3.63) is 46.9 Å². The van der Waals surface area contributed by atoms with Crippen LogP contribution in [0.25, 0.3) is 0 Å². The standard InChI is InChI=1S/C11H8ClFN4O/c12-7-2-1-3-8(9(7)13)18-11-6(10(14)15)4-5-16-17-11/h1-5H,(H3,14,15). The summed E-state index contributed by atoms with van der Waals surface area (Å²) >= 11 is 5.62. The number of hydrogen-bond donors (Lipinski definition) is 2. The molecule has 0 bridgehead atoms. The van der Waals surface area contributed by atoms with Crippen LogP contribution in [0.15, 0.2) is 30.5 Å².